The minimum atomic E-state index is -0.112. The summed E-state index contributed by atoms with van der Waals surface area (Å²) in [6.07, 6.45) is 0. The van der Waals surface area contributed by atoms with Gasteiger partial charge in [-0.25, -0.2) is 0 Å². The fraction of sp³-hybridized carbons (Fsp3) is 0.150. The Hall–Kier alpha value is -4.62. The number of hydrogen-bond acceptors (Lipinski definition) is 0. The molecule has 1 nitrogen and oxygen atoms in total. The Labute approximate surface area is 240 Å². The van der Waals surface area contributed by atoms with Crippen LogP contribution < -0.4 is 0 Å². The highest BCUT2D eigenvalue weighted by Gasteiger charge is 2.39. The molecule has 0 fully saturated rings. The fourth-order valence-electron chi connectivity index (χ4n) is 8.23. The highest BCUT2D eigenvalue weighted by molar-refractivity contribution is 6.23. The normalized spacial score (nSPS) is 15.7. The predicted octanol–water partition coefficient (Wildman–Crippen LogP) is 10.5. The van der Waals surface area contributed by atoms with E-state index in [0.29, 0.717) is 0 Å². The van der Waals surface area contributed by atoms with E-state index >= 15 is 0 Å². The van der Waals surface area contributed by atoms with E-state index in [0.717, 1.165) is 0 Å². The zero-order valence-corrected chi connectivity index (χ0v) is 23.9. The summed E-state index contributed by atoms with van der Waals surface area (Å²) < 4.78 is 2.57. The summed E-state index contributed by atoms with van der Waals surface area (Å²) in [5, 5.41) is 5.28. The van der Waals surface area contributed by atoms with Gasteiger partial charge in [-0.05, 0) is 73.5 Å². The van der Waals surface area contributed by atoms with E-state index in [1.165, 1.54) is 82.8 Å². The second-order valence-corrected chi connectivity index (χ2v) is 13.0. The van der Waals surface area contributed by atoms with Crippen LogP contribution in [-0.2, 0) is 10.8 Å². The number of nitrogens with zero attached hydrogens (tertiary/aromatic N) is 1. The van der Waals surface area contributed by atoms with Crippen molar-refractivity contribution in [3.63, 3.8) is 0 Å². The molecule has 0 saturated heterocycles. The van der Waals surface area contributed by atoms with Gasteiger partial charge in [0.1, 0.15) is 0 Å². The first-order valence-corrected chi connectivity index (χ1v) is 14.7. The lowest BCUT2D eigenvalue weighted by atomic mass is 9.81. The molecular weight excluding hydrogens is 494 g/mol. The monoisotopic (exact) mass is 525 g/mol. The van der Waals surface area contributed by atoms with Crippen molar-refractivity contribution >= 4 is 32.6 Å². The summed E-state index contributed by atoms with van der Waals surface area (Å²) in [6, 6.07) is 43.3. The quantitative estimate of drug-likeness (QED) is 0.201. The van der Waals surface area contributed by atoms with Gasteiger partial charge in [-0.1, -0.05) is 125 Å². The molecule has 2 aliphatic carbocycles. The fourth-order valence-corrected chi connectivity index (χ4v) is 8.23. The first-order chi connectivity index (χ1) is 19.9. The van der Waals surface area contributed by atoms with Crippen LogP contribution in [0.25, 0.3) is 60.5 Å². The van der Waals surface area contributed by atoms with Crippen LogP contribution in [0.3, 0.4) is 0 Å². The Morgan fingerprint density at radius 2 is 1.12 bits per heavy atom. The van der Waals surface area contributed by atoms with E-state index in [-0.39, 0.29) is 10.8 Å². The van der Waals surface area contributed by atoms with Gasteiger partial charge in [0, 0.05) is 27.3 Å². The third-order valence-corrected chi connectivity index (χ3v) is 10.2. The summed E-state index contributed by atoms with van der Waals surface area (Å²) >= 11 is 0. The molecule has 2 aliphatic rings. The van der Waals surface area contributed by atoms with Crippen molar-refractivity contribution < 1.29 is 0 Å². The topological polar surface area (TPSA) is 4.93 Å². The van der Waals surface area contributed by atoms with Gasteiger partial charge in [0.05, 0.1) is 11.0 Å². The van der Waals surface area contributed by atoms with Crippen LogP contribution in [0.15, 0.2) is 115 Å². The average molecular weight is 526 g/mol. The van der Waals surface area contributed by atoms with Crippen LogP contribution in [0.2, 0.25) is 0 Å². The van der Waals surface area contributed by atoms with Gasteiger partial charge in [-0.2, -0.15) is 0 Å². The summed E-state index contributed by atoms with van der Waals surface area (Å²) in [6.45, 7) is 9.55. The zero-order chi connectivity index (χ0) is 27.7. The number of benzene rings is 6. The third kappa shape index (κ3) is 2.77. The molecule has 7 aromatic rings. The Balaban J connectivity index is 1.45. The molecule has 0 aliphatic heterocycles. The molecule has 0 N–H and O–H groups in total. The minimum absolute atomic E-state index is 0.0507. The maximum atomic E-state index is 2.57. The summed E-state index contributed by atoms with van der Waals surface area (Å²) in [7, 11) is 0. The summed E-state index contributed by atoms with van der Waals surface area (Å²) in [5.41, 5.74) is 14.8. The molecule has 0 amide bonds. The van der Waals surface area contributed by atoms with E-state index in [9.17, 15) is 0 Å². The Kier molecular flexibility index (Phi) is 4.26. The van der Waals surface area contributed by atoms with Crippen LogP contribution >= 0.6 is 0 Å². The van der Waals surface area contributed by atoms with Gasteiger partial charge in [0.2, 0.25) is 0 Å². The number of aromatic nitrogens is 1. The van der Waals surface area contributed by atoms with Gasteiger partial charge in [-0.15, -0.1) is 0 Å². The van der Waals surface area contributed by atoms with E-state index in [1.54, 1.807) is 0 Å². The van der Waals surface area contributed by atoms with E-state index in [2.05, 4.69) is 148 Å². The molecule has 0 atom stereocenters. The molecule has 1 heterocycles. The molecule has 1 heteroatoms. The molecule has 0 spiro atoms. The van der Waals surface area contributed by atoms with Gasteiger partial charge in [0.15, 0.2) is 0 Å². The molecule has 0 bridgehead atoms. The van der Waals surface area contributed by atoms with Crippen LogP contribution in [-0.4, -0.2) is 4.57 Å². The van der Waals surface area contributed by atoms with Crippen LogP contribution in [0, 0.1) is 0 Å². The zero-order valence-electron chi connectivity index (χ0n) is 23.9. The third-order valence-electron chi connectivity index (χ3n) is 10.2. The molecule has 41 heavy (non-hydrogen) atoms. The van der Waals surface area contributed by atoms with Crippen LogP contribution in [0.5, 0.6) is 0 Å². The van der Waals surface area contributed by atoms with E-state index in [1.807, 2.05) is 0 Å². The second kappa shape index (κ2) is 7.56. The second-order valence-electron chi connectivity index (χ2n) is 13.0. The van der Waals surface area contributed by atoms with E-state index in [4.69, 9.17) is 0 Å². The van der Waals surface area contributed by atoms with Crippen LogP contribution in [0.1, 0.15) is 49.9 Å². The van der Waals surface area contributed by atoms with Crippen molar-refractivity contribution in [3.8, 4) is 27.9 Å². The standard InChI is InChI=1S/C40H31N/c1-39(2)32-15-9-7-13-27(32)29-19-18-25(23-34(29)39)41-35-22-17-24-11-5-6-12-26(24)36(35)31-21-20-30-28-14-8-10-16-33(28)40(3,4)37(30)38(31)41/h5-23H,1-4H3. The Morgan fingerprint density at radius 3 is 1.93 bits per heavy atom. The predicted molar refractivity (Wildman–Crippen MR) is 173 cm³/mol. The van der Waals surface area contributed by atoms with Crippen molar-refractivity contribution in [1.29, 1.82) is 0 Å². The minimum Gasteiger partial charge on any atom is -0.309 e. The number of hydrogen-bond donors (Lipinski definition) is 0. The highest BCUT2D eigenvalue weighted by atomic mass is 15.0. The van der Waals surface area contributed by atoms with Crippen molar-refractivity contribution in [2.24, 2.45) is 0 Å². The number of rotatable bonds is 1. The first-order valence-electron chi connectivity index (χ1n) is 14.7. The molecular formula is C40H31N. The lowest BCUT2D eigenvalue weighted by Crippen LogP contribution is -2.17. The maximum Gasteiger partial charge on any atom is 0.0588 e. The molecule has 1 aromatic heterocycles. The molecule has 196 valence electrons. The molecule has 0 saturated carbocycles. The van der Waals surface area contributed by atoms with Crippen molar-refractivity contribution in [1.82, 2.24) is 4.57 Å². The SMILES string of the molecule is CC1(C)c2ccccc2-c2ccc(-n3c4ccc5ccccc5c4c4ccc5c(c43)C(C)(C)c3ccccc3-5)cc21. The first kappa shape index (κ1) is 23.1. The van der Waals surface area contributed by atoms with Gasteiger partial charge >= 0.3 is 0 Å². The van der Waals surface area contributed by atoms with Crippen molar-refractivity contribution in [2.45, 2.75) is 38.5 Å². The van der Waals surface area contributed by atoms with Crippen LogP contribution in [0.4, 0.5) is 0 Å². The summed E-state index contributed by atoms with van der Waals surface area (Å²) in [5.74, 6) is 0. The highest BCUT2D eigenvalue weighted by Crippen LogP contribution is 2.54. The smallest absolute Gasteiger partial charge is 0.0588 e. The number of fused-ring (bicyclic) bond motifs is 12. The summed E-state index contributed by atoms with van der Waals surface area (Å²) in [4.78, 5) is 0. The Bertz CT molecular complexity index is 2260. The average Bonchev–Trinajstić information content (AvgIpc) is 3.54. The van der Waals surface area contributed by atoms with E-state index < -0.39 is 0 Å². The van der Waals surface area contributed by atoms with Gasteiger partial charge in [-0.3, -0.25) is 0 Å². The van der Waals surface area contributed by atoms with Crippen molar-refractivity contribution in [2.75, 3.05) is 0 Å². The van der Waals surface area contributed by atoms with Gasteiger partial charge in [0.25, 0.3) is 0 Å². The molecule has 0 radical (unpaired) electrons. The molecule has 0 unspecified atom stereocenters. The lowest BCUT2D eigenvalue weighted by molar-refractivity contribution is 0.659. The Morgan fingerprint density at radius 1 is 0.488 bits per heavy atom. The molecule has 6 aromatic carbocycles. The lowest BCUT2D eigenvalue weighted by Gasteiger charge is -2.25. The van der Waals surface area contributed by atoms with Crippen molar-refractivity contribution in [3.05, 3.63) is 138 Å². The largest absolute Gasteiger partial charge is 0.309 e. The maximum absolute atomic E-state index is 2.57. The molecule has 9 rings (SSSR count). The van der Waals surface area contributed by atoms with Gasteiger partial charge < -0.3 is 4.57 Å².